The van der Waals surface area contributed by atoms with E-state index in [9.17, 15) is 9.18 Å². The number of anilines is 2. The van der Waals surface area contributed by atoms with Gasteiger partial charge in [0.25, 0.3) is 0 Å². The average Bonchev–Trinajstić information content (AvgIpc) is 3.05. The largest absolute Gasteiger partial charge is 0.379 e. The third-order valence-corrected chi connectivity index (χ3v) is 5.42. The van der Waals surface area contributed by atoms with Crippen LogP contribution in [0.15, 0.2) is 28.6 Å². The van der Waals surface area contributed by atoms with Gasteiger partial charge < -0.3 is 10.1 Å². The Morgan fingerprint density at radius 2 is 2.00 bits per heavy atom. The summed E-state index contributed by atoms with van der Waals surface area (Å²) in [6, 6.07) is 5.10. The minimum Gasteiger partial charge on any atom is -0.379 e. The molecule has 1 saturated heterocycles. The number of urea groups is 1. The van der Waals surface area contributed by atoms with Gasteiger partial charge in [0.1, 0.15) is 5.82 Å². The van der Waals surface area contributed by atoms with Gasteiger partial charge in [-0.05, 0) is 24.3 Å². The zero-order valence-corrected chi connectivity index (χ0v) is 15.0. The fraction of sp³-hybridized carbons (Fsp3) is 0.400. The van der Waals surface area contributed by atoms with Crippen LogP contribution in [0.1, 0.15) is 0 Å². The van der Waals surface area contributed by atoms with Crippen LogP contribution >= 0.6 is 23.1 Å². The second-order valence-electron chi connectivity index (χ2n) is 5.26. The summed E-state index contributed by atoms with van der Waals surface area (Å²) in [5.74, 6) is 0.560. The van der Waals surface area contributed by atoms with E-state index in [0.717, 1.165) is 42.9 Å². The number of morpholine rings is 1. The highest BCUT2D eigenvalue weighted by Crippen LogP contribution is 2.25. The van der Waals surface area contributed by atoms with Gasteiger partial charge in [0.2, 0.25) is 5.13 Å². The topological polar surface area (TPSA) is 79.4 Å². The highest BCUT2D eigenvalue weighted by atomic mass is 32.2. The van der Waals surface area contributed by atoms with E-state index < -0.39 is 6.03 Å². The molecular formula is C15H18FN5O2S2. The maximum Gasteiger partial charge on any atom is 0.325 e. The number of carbonyl (C=O) groups is 1. The Labute approximate surface area is 153 Å². The molecule has 134 valence electrons. The Hall–Kier alpha value is -1.75. The number of carbonyl (C=O) groups excluding carboxylic acids is 1. The Kier molecular flexibility index (Phi) is 6.56. The van der Waals surface area contributed by atoms with Crippen molar-refractivity contribution in [3.8, 4) is 0 Å². The van der Waals surface area contributed by atoms with Gasteiger partial charge in [-0.25, -0.2) is 9.18 Å². The summed E-state index contributed by atoms with van der Waals surface area (Å²) in [7, 11) is 0. The van der Waals surface area contributed by atoms with Crippen molar-refractivity contribution in [2.45, 2.75) is 4.34 Å². The molecule has 2 amide bonds. The molecule has 1 aromatic heterocycles. The summed E-state index contributed by atoms with van der Waals surface area (Å²) < 4.78 is 19.0. The highest BCUT2D eigenvalue weighted by Gasteiger charge is 2.12. The molecule has 0 unspecified atom stereocenters. The smallest absolute Gasteiger partial charge is 0.325 e. The molecule has 1 aliphatic rings. The van der Waals surface area contributed by atoms with Crippen LogP contribution in [0, 0.1) is 5.82 Å². The SMILES string of the molecule is O=C(Nc1ccc(F)cc1)Nc1nnc(SCCN2CCOCC2)s1. The van der Waals surface area contributed by atoms with Gasteiger partial charge in [-0.3, -0.25) is 10.2 Å². The maximum atomic E-state index is 12.8. The van der Waals surface area contributed by atoms with E-state index in [1.54, 1.807) is 11.8 Å². The van der Waals surface area contributed by atoms with Crippen LogP contribution < -0.4 is 10.6 Å². The van der Waals surface area contributed by atoms with Crippen LogP contribution in [-0.4, -0.2) is 59.7 Å². The van der Waals surface area contributed by atoms with E-state index in [0.29, 0.717) is 10.8 Å². The molecule has 0 saturated carbocycles. The lowest BCUT2D eigenvalue weighted by Gasteiger charge is -2.25. The zero-order valence-electron chi connectivity index (χ0n) is 13.4. The predicted molar refractivity (Wildman–Crippen MR) is 96.9 cm³/mol. The van der Waals surface area contributed by atoms with Crippen molar-refractivity contribution in [3.05, 3.63) is 30.1 Å². The van der Waals surface area contributed by atoms with E-state index >= 15 is 0 Å². The first-order valence-corrected chi connectivity index (χ1v) is 9.59. The van der Waals surface area contributed by atoms with E-state index in [-0.39, 0.29) is 5.82 Å². The molecule has 0 radical (unpaired) electrons. The normalized spacial score (nSPS) is 15.1. The fourth-order valence-corrected chi connectivity index (χ4v) is 4.02. The molecule has 0 spiro atoms. The zero-order chi connectivity index (χ0) is 17.5. The number of hydrogen-bond acceptors (Lipinski definition) is 7. The minimum absolute atomic E-state index is 0.353. The number of nitrogens with zero attached hydrogens (tertiary/aromatic N) is 3. The molecule has 1 fully saturated rings. The summed E-state index contributed by atoms with van der Waals surface area (Å²) >= 11 is 2.94. The molecule has 10 heteroatoms. The minimum atomic E-state index is -0.437. The Bertz CT molecular complexity index is 691. The molecule has 1 aliphatic heterocycles. The third kappa shape index (κ3) is 5.92. The van der Waals surface area contributed by atoms with Gasteiger partial charge >= 0.3 is 6.03 Å². The Morgan fingerprint density at radius 1 is 1.24 bits per heavy atom. The number of ether oxygens (including phenoxy) is 1. The number of thioether (sulfide) groups is 1. The van der Waals surface area contributed by atoms with Gasteiger partial charge in [0.05, 0.1) is 13.2 Å². The van der Waals surface area contributed by atoms with Crippen LogP contribution in [0.25, 0.3) is 0 Å². The van der Waals surface area contributed by atoms with E-state index in [1.807, 2.05) is 0 Å². The quantitative estimate of drug-likeness (QED) is 0.590. The van der Waals surface area contributed by atoms with Crippen LogP contribution in [0.4, 0.5) is 20.0 Å². The Balaban J connectivity index is 1.41. The van der Waals surface area contributed by atoms with Crippen molar-refractivity contribution in [2.24, 2.45) is 0 Å². The van der Waals surface area contributed by atoms with Crippen molar-refractivity contribution in [2.75, 3.05) is 49.2 Å². The molecule has 3 rings (SSSR count). The second-order valence-corrected chi connectivity index (χ2v) is 7.58. The van der Waals surface area contributed by atoms with E-state index in [2.05, 4.69) is 25.7 Å². The molecule has 2 heterocycles. The molecule has 0 aliphatic carbocycles. The van der Waals surface area contributed by atoms with Crippen LogP contribution in [0.5, 0.6) is 0 Å². The predicted octanol–water partition coefficient (Wildman–Crippen LogP) is 2.75. The fourth-order valence-electron chi connectivity index (χ4n) is 2.20. The first-order valence-electron chi connectivity index (χ1n) is 7.79. The van der Waals surface area contributed by atoms with Gasteiger partial charge in [-0.1, -0.05) is 23.1 Å². The molecule has 2 N–H and O–H groups in total. The number of amides is 2. The van der Waals surface area contributed by atoms with Crippen molar-refractivity contribution in [1.29, 1.82) is 0 Å². The van der Waals surface area contributed by atoms with Gasteiger partial charge in [-0.15, -0.1) is 10.2 Å². The van der Waals surface area contributed by atoms with Gasteiger partial charge in [-0.2, -0.15) is 0 Å². The third-order valence-electron chi connectivity index (χ3n) is 3.47. The molecular weight excluding hydrogens is 365 g/mol. The van der Waals surface area contributed by atoms with Crippen LogP contribution in [0.2, 0.25) is 0 Å². The summed E-state index contributed by atoms with van der Waals surface area (Å²) in [5, 5.41) is 13.7. The van der Waals surface area contributed by atoms with E-state index in [1.165, 1.54) is 35.6 Å². The van der Waals surface area contributed by atoms with Crippen molar-refractivity contribution >= 4 is 39.9 Å². The lowest BCUT2D eigenvalue weighted by Crippen LogP contribution is -2.37. The molecule has 0 atom stereocenters. The number of rotatable bonds is 6. The monoisotopic (exact) mass is 383 g/mol. The molecule has 0 bridgehead atoms. The molecule has 7 nitrogen and oxygen atoms in total. The van der Waals surface area contributed by atoms with Crippen molar-refractivity contribution in [3.63, 3.8) is 0 Å². The summed E-state index contributed by atoms with van der Waals surface area (Å²) in [5.41, 5.74) is 0.503. The summed E-state index contributed by atoms with van der Waals surface area (Å²) in [6.07, 6.45) is 0. The summed E-state index contributed by atoms with van der Waals surface area (Å²) in [4.78, 5) is 14.2. The summed E-state index contributed by atoms with van der Waals surface area (Å²) in [6.45, 7) is 4.49. The van der Waals surface area contributed by atoms with Crippen molar-refractivity contribution < 1.29 is 13.9 Å². The highest BCUT2D eigenvalue weighted by molar-refractivity contribution is 8.01. The first kappa shape index (κ1) is 18.1. The average molecular weight is 383 g/mol. The molecule has 2 aromatic rings. The van der Waals surface area contributed by atoms with Crippen molar-refractivity contribution in [1.82, 2.24) is 15.1 Å². The number of nitrogens with one attached hydrogen (secondary N) is 2. The number of benzene rings is 1. The van der Waals surface area contributed by atoms with Crippen LogP contribution in [-0.2, 0) is 4.74 Å². The lowest BCUT2D eigenvalue weighted by atomic mass is 10.3. The van der Waals surface area contributed by atoms with Gasteiger partial charge in [0.15, 0.2) is 4.34 Å². The van der Waals surface area contributed by atoms with Gasteiger partial charge in [0, 0.05) is 31.1 Å². The standard InChI is InChI=1S/C15H18FN5O2S2/c16-11-1-3-12(4-2-11)17-13(22)18-14-19-20-15(25-14)24-10-7-21-5-8-23-9-6-21/h1-4H,5-10H2,(H2,17,18,19,22). The molecule has 1 aromatic carbocycles. The lowest BCUT2D eigenvalue weighted by molar-refractivity contribution is 0.0410. The number of aromatic nitrogens is 2. The number of halogens is 1. The maximum absolute atomic E-state index is 12.8. The number of hydrogen-bond donors (Lipinski definition) is 2. The second kappa shape index (κ2) is 9.09. The Morgan fingerprint density at radius 3 is 2.76 bits per heavy atom. The van der Waals surface area contributed by atoms with E-state index in [4.69, 9.17) is 4.74 Å². The van der Waals surface area contributed by atoms with Crippen LogP contribution in [0.3, 0.4) is 0 Å². The first-order chi connectivity index (χ1) is 12.2. The molecule has 25 heavy (non-hydrogen) atoms.